The summed E-state index contributed by atoms with van der Waals surface area (Å²) in [5, 5.41) is 12.2. The fourth-order valence-electron chi connectivity index (χ4n) is 3.24. The number of nitrogens with zero attached hydrogens (tertiary/aromatic N) is 3. The predicted octanol–water partition coefficient (Wildman–Crippen LogP) is 2.05. The molecule has 1 aliphatic rings. The number of amides is 2. The fourth-order valence-corrected chi connectivity index (χ4v) is 4.02. The third kappa shape index (κ3) is 7.79. The maximum Gasteiger partial charge on any atom is 0.230 e. The molecule has 0 unspecified atom stereocenters. The topological polar surface area (TPSA) is 112 Å². The summed E-state index contributed by atoms with van der Waals surface area (Å²) in [7, 11) is 0. The number of ether oxygens (including phenoxy) is 1. The lowest BCUT2D eigenvalue weighted by Gasteiger charge is -2.15. The molecular formula is C19H33N5O3S. The van der Waals surface area contributed by atoms with Crippen LogP contribution >= 0.6 is 11.8 Å². The van der Waals surface area contributed by atoms with Crippen molar-refractivity contribution in [2.24, 2.45) is 5.73 Å². The quantitative estimate of drug-likeness (QED) is 0.379. The summed E-state index contributed by atoms with van der Waals surface area (Å²) < 4.78 is 7.70. The molecule has 0 aliphatic carbocycles. The molecule has 1 aliphatic heterocycles. The zero-order chi connectivity index (χ0) is 20.4. The van der Waals surface area contributed by atoms with E-state index in [-0.39, 0.29) is 36.1 Å². The average molecular weight is 412 g/mol. The number of thioether (sulfide) groups is 1. The van der Waals surface area contributed by atoms with Crippen molar-refractivity contribution in [2.45, 2.75) is 89.1 Å². The van der Waals surface area contributed by atoms with Gasteiger partial charge in [-0.1, -0.05) is 37.9 Å². The molecule has 1 fully saturated rings. The van der Waals surface area contributed by atoms with E-state index in [0.717, 1.165) is 32.3 Å². The molecule has 8 nitrogen and oxygen atoms in total. The molecule has 2 atom stereocenters. The Balaban J connectivity index is 1.91. The maximum absolute atomic E-state index is 12.3. The second-order valence-electron chi connectivity index (χ2n) is 7.36. The molecule has 3 N–H and O–H groups in total. The lowest BCUT2D eigenvalue weighted by Crippen LogP contribution is -2.33. The van der Waals surface area contributed by atoms with Gasteiger partial charge in [0.15, 0.2) is 5.16 Å². The summed E-state index contributed by atoms with van der Waals surface area (Å²) in [6.45, 7) is 5.62. The van der Waals surface area contributed by atoms with Crippen LogP contribution < -0.4 is 11.1 Å². The smallest absolute Gasteiger partial charge is 0.230 e. The minimum absolute atomic E-state index is 0.000601. The van der Waals surface area contributed by atoms with Crippen molar-refractivity contribution < 1.29 is 14.3 Å². The van der Waals surface area contributed by atoms with E-state index in [1.54, 1.807) is 0 Å². The van der Waals surface area contributed by atoms with E-state index in [0.29, 0.717) is 23.9 Å². The number of hydrogen-bond donors (Lipinski definition) is 2. The molecule has 28 heavy (non-hydrogen) atoms. The molecule has 2 rings (SSSR count). The predicted molar refractivity (Wildman–Crippen MR) is 109 cm³/mol. The van der Waals surface area contributed by atoms with Gasteiger partial charge in [-0.25, -0.2) is 0 Å². The van der Waals surface area contributed by atoms with Crippen LogP contribution in [0.2, 0.25) is 0 Å². The van der Waals surface area contributed by atoms with Crippen LogP contribution in [0, 0.1) is 0 Å². The van der Waals surface area contributed by atoms with E-state index in [1.807, 2.05) is 11.5 Å². The van der Waals surface area contributed by atoms with E-state index in [4.69, 9.17) is 10.5 Å². The molecule has 0 radical (unpaired) electrons. The number of aromatic nitrogens is 3. The van der Waals surface area contributed by atoms with Crippen LogP contribution in [-0.2, 0) is 27.3 Å². The van der Waals surface area contributed by atoms with Gasteiger partial charge >= 0.3 is 0 Å². The van der Waals surface area contributed by atoms with Gasteiger partial charge in [-0.15, -0.1) is 10.2 Å². The number of hydrogen-bond acceptors (Lipinski definition) is 6. The number of rotatable bonds is 13. The van der Waals surface area contributed by atoms with Gasteiger partial charge < -0.3 is 20.4 Å². The van der Waals surface area contributed by atoms with Gasteiger partial charge in [0, 0.05) is 25.5 Å². The molecule has 0 bridgehead atoms. The lowest BCUT2D eigenvalue weighted by molar-refractivity contribution is -0.119. The van der Waals surface area contributed by atoms with Crippen LogP contribution in [0.25, 0.3) is 0 Å². The first kappa shape index (κ1) is 22.7. The zero-order valence-electron chi connectivity index (χ0n) is 17.0. The largest absolute Gasteiger partial charge is 0.376 e. The van der Waals surface area contributed by atoms with Gasteiger partial charge in [0.2, 0.25) is 11.8 Å². The van der Waals surface area contributed by atoms with Crippen molar-refractivity contribution >= 4 is 23.6 Å². The SMILES string of the molecule is CCCCC[C@@H](C)NC(=O)CSc1nnc(CCC(N)=O)n1C[C@@H]1CCCO1. The van der Waals surface area contributed by atoms with Crippen LogP contribution in [0.1, 0.15) is 64.6 Å². The highest BCUT2D eigenvalue weighted by Crippen LogP contribution is 2.22. The van der Waals surface area contributed by atoms with Crippen LogP contribution in [0.4, 0.5) is 0 Å². The summed E-state index contributed by atoms with van der Waals surface area (Å²) in [6, 6.07) is 0.176. The molecule has 1 aromatic rings. The first-order valence-corrected chi connectivity index (χ1v) is 11.2. The zero-order valence-corrected chi connectivity index (χ0v) is 17.8. The number of primary amides is 1. The monoisotopic (exact) mass is 411 g/mol. The molecule has 0 saturated carbocycles. The van der Waals surface area contributed by atoms with E-state index in [9.17, 15) is 9.59 Å². The number of carbonyl (C=O) groups is 2. The molecule has 0 spiro atoms. The number of unbranched alkanes of at least 4 members (excludes halogenated alkanes) is 2. The van der Waals surface area contributed by atoms with Crippen LogP contribution in [-0.4, -0.2) is 51.1 Å². The molecule has 1 saturated heterocycles. The summed E-state index contributed by atoms with van der Waals surface area (Å²) in [6.07, 6.45) is 7.32. The third-order valence-electron chi connectivity index (χ3n) is 4.78. The lowest BCUT2D eigenvalue weighted by atomic mass is 10.1. The van der Waals surface area contributed by atoms with E-state index < -0.39 is 0 Å². The number of carbonyl (C=O) groups excluding carboxylic acids is 2. The summed E-state index contributed by atoms with van der Waals surface area (Å²) in [4.78, 5) is 23.4. The van der Waals surface area contributed by atoms with Crippen molar-refractivity contribution in [2.75, 3.05) is 12.4 Å². The Labute approximate surface area is 171 Å². The minimum Gasteiger partial charge on any atom is -0.376 e. The van der Waals surface area contributed by atoms with E-state index in [1.165, 1.54) is 24.6 Å². The average Bonchev–Trinajstić information content (AvgIpc) is 3.29. The number of nitrogens with two attached hydrogens (primary N) is 1. The molecular weight excluding hydrogens is 378 g/mol. The molecule has 2 heterocycles. The second kappa shape index (κ2) is 12.1. The molecule has 0 aromatic carbocycles. The third-order valence-corrected chi connectivity index (χ3v) is 5.75. The Kier molecular flexibility index (Phi) is 9.77. The van der Waals surface area contributed by atoms with Crippen LogP contribution in [0.5, 0.6) is 0 Å². The Bertz CT molecular complexity index is 631. The van der Waals surface area contributed by atoms with Crippen LogP contribution in [0.3, 0.4) is 0 Å². The molecule has 2 amide bonds. The fraction of sp³-hybridized carbons (Fsp3) is 0.789. The normalized spacial score (nSPS) is 17.6. The van der Waals surface area contributed by atoms with Gasteiger partial charge in [-0.3, -0.25) is 9.59 Å². The van der Waals surface area contributed by atoms with Gasteiger partial charge in [0.05, 0.1) is 18.4 Å². The van der Waals surface area contributed by atoms with Gasteiger partial charge in [-0.2, -0.15) is 0 Å². The van der Waals surface area contributed by atoms with Crippen molar-refractivity contribution in [1.29, 1.82) is 0 Å². The number of aryl methyl sites for hydroxylation is 1. The summed E-state index contributed by atoms with van der Waals surface area (Å²) in [5.74, 6) is 0.638. The highest BCUT2D eigenvalue weighted by molar-refractivity contribution is 7.99. The van der Waals surface area contributed by atoms with E-state index in [2.05, 4.69) is 22.4 Å². The highest BCUT2D eigenvalue weighted by atomic mass is 32.2. The van der Waals surface area contributed by atoms with Crippen molar-refractivity contribution in [1.82, 2.24) is 20.1 Å². The second-order valence-corrected chi connectivity index (χ2v) is 8.31. The highest BCUT2D eigenvalue weighted by Gasteiger charge is 2.22. The molecule has 1 aromatic heterocycles. The molecule has 9 heteroatoms. The van der Waals surface area contributed by atoms with Gasteiger partial charge in [0.1, 0.15) is 5.82 Å². The number of nitrogens with one attached hydrogen (secondary N) is 1. The standard InChI is InChI=1S/C19H33N5O3S/c1-3-4-5-7-14(2)21-18(26)13-28-19-23-22-17(10-9-16(20)25)24(19)12-15-8-6-11-27-15/h14-15H,3-13H2,1-2H3,(H2,20,25)(H,21,26)/t14-,15+/m1/s1. The Hall–Kier alpha value is -1.61. The Morgan fingerprint density at radius 1 is 1.39 bits per heavy atom. The van der Waals surface area contributed by atoms with Crippen LogP contribution in [0.15, 0.2) is 5.16 Å². The first-order chi connectivity index (χ1) is 13.5. The molecule has 158 valence electrons. The first-order valence-electron chi connectivity index (χ1n) is 10.2. The van der Waals surface area contributed by atoms with Crippen molar-refractivity contribution in [3.8, 4) is 0 Å². The van der Waals surface area contributed by atoms with Gasteiger partial charge in [0.25, 0.3) is 0 Å². The Morgan fingerprint density at radius 2 is 2.21 bits per heavy atom. The summed E-state index contributed by atoms with van der Waals surface area (Å²) >= 11 is 1.37. The van der Waals surface area contributed by atoms with E-state index >= 15 is 0 Å². The minimum atomic E-state index is -0.364. The van der Waals surface area contributed by atoms with Crippen molar-refractivity contribution in [3.05, 3.63) is 5.82 Å². The summed E-state index contributed by atoms with van der Waals surface area (Å²) in [5.41, 5.74) is 5.27. The van der Waals surface area contributed by atoms with Gasteiger partial charge in [-0.05, 0) is 26.2 Å². The maximum atomic E-state index is 12.3. The van der Waals surface area contributed by atoms with Crippen molar-refractivity contribution in [3.63, 3.8) is 0 Å². The Morgan fingerprint density at radius 3 is 2.89 bits per heavy atom.